The van der Waals surface area contributed by atoms with E-state index >= 15 is 0 Å². The van der Waals surface area contributed by atoms with Crippen molar-refractivity contribution < 1.29 is 22.8 Å². The summed E-state index contributed by atoms with van der Waals surface area (Å²) in [5, 5.41) is 2.71. The lowest BCUT2D eigenvalue weighted by molar-refractivity contribution is -0.139. The number of sulfonamides is 1. The summed E-state index contributed by atoms with van der Waals surface area (Å²) in [5.41, 5.74) is -0.898. The quantitative estimate of drug-likeness (QED) is 0.636. The zero-order chi connectivity index (χ0) is 18.4. The number of hydrogen-bond acceptors (Lipinski definition) is 5. The lowest BCUT2D eigenvalue weighted by Gasteiger charge is -2.34. The van der Waals surface area contributed by atoms with E-state index in [-0.39, 0.29) is 56.2 Å². The molecule has 25 heavy (non-hydrogen) atoms. The average Bonchev–Trinajstić information content (AvgIpc) is 3.41. The second kappa shape index (κ2) is 6.24. The summed E-state index contributed by atoms with van der Waals surface area (Å²) in [5.74, 6) is -0.507. The second-order valence-corrected chi connectivity index (χ2v) is 9.24. The third-order valence-corrected chi connectivity index (χ3v) is 7.22. The molecule has 2 saturated heterocycles. The molecule has 3 rings (SSSR count). The molecule has 0 aromatic heterocycles. The van der Waals surface area contributed by atoms with Gasteiger partial charge < -0.3 is 10.2 Å². The smallest absolute Gasteiger partial charge is 0.325 e. The van der Waals surface area contributed by atoms with E-state index in [2.05, 4.69) is 5.32 Å². The number of carbonyl (C=O) groups is 3. The summed E-state index contributed by atoms with van der Waals surface area (Å²) in [6.07, 6.45) is 1.80. The van der Waals surface area contributed by atoms with Crippen LogP contribution in [0.5, 0.6) is 0 Å². The van der Waals surface area contributed by atoms with Crippen molar-refractivity contribution in [3.05, 3.63) is 0 Å². The predicted molar refractivity (Wildman–Crippen MR) is 89.0 cm³/mol. The zero-order valence-corrected chi connectivity index (χ0v) is 15.3. The Kier molecular flexibility index (Phi) is 4.52. The molecule has 0 aromatic carbocycles. The van der Waals surface area contributed by atoms with Crippen LogP contribution in [0.3, 0.4) is 0 Å². The predicted octanol–water partition coefficient (Wildman–Crippen LogP) is -0.799. The van der Waals surface area contributed by atoms with Gasteiger partial charge in [0.2, 0.25) is 15.9 Å². The Hall–Kier alpha value is -1.68. The van der Waals surface area contributed by atoms with Gasteiger partial charge in [-0.15, -0.1) is 0 Å². The Balaban J connectivity index is 1.58. The van der Waals surface area contributed by atoms with E-state index in [9.17, 15) is 22.8 Å². The molecule has 1 atom stereocenters. The summed E-state index contributed by atoms with van der Waals surface area (Å²) >= 11 is 0. The first kappa shape index (κ1) is 18.1. The molecule has 1 aliphatic carbocycles. The number of imide groups is 1. The van der Waals surface area contributed by atoms with Gasteiger partial charge >= 0.3 is 6.03 Å². The molecule has 1 N–H and O–H groups in total. The number of urea groups is 1. The molecule has 1 unspecified atom stereocenters. The molecule has 4 amide bonds. The fraction of sp³-hybridized carbons (Fsp3) is 0.800. The highest BCUT2D eigenvalue weighted by molar-refractivity contribution is 7.89. The van der Waals surface area contributed by atoms with E-state index in [1.54, 1.807) is 13.8 Å². The van der Waals surface area contributed by atoms with Crippen LogP contribution in [0.15, 0.2) is 0 Å². The van der Waals surface area contributed by atoms with E-state index in [0.717, 1.165) is 17.7 Å². The Morgan fingerprint density at radius 2 is 1.80 bits per heavy atom. The van der Waals surface area contributed by atoms with E-state index in [0.29, 0.717) is 0 Å². The van der Waals surface area contributed by atoms with Crippen LogP contribution in [-0.2, 0) is 19.6 Å². The van der Waals surface area contributed by atoms with Crippen LogP contribution in [0, 0.1) is 5.92 Å². The fourth-order valence-corrected chi connectivity index (χ4v) is 4.51. The van der Waals surface area contributed by atoms with Crippen LogP contribution < -0.4 is 5.32 Å². The minimum absolute atomic E-state index is 0.0309. The first-order valence-corrected chi connectivity index (χ1v) is 10.2. The van der Waals surface area contributed by atoms with Gasteiger partial charge in [-0.2, -0.15) is 4.31 Å². The Morgan fingerprint density at radius 3 is 2.32 bits per heavy atom. The molecule has 3 aliphatic rings. The van der Waals surface area contributed by atoms with Crippen molar-refractivity contribution in [1.29, 1.82) is 0 Å². The normalized spacial score (nSPS) is 28.4. The molecule has 0 bridgehead atoms. The van der Waals surface area contributed by atoms with Crippen LogP contribution in [0.2, 0.25) is 0 Å². The van der Waals surface area contributed by atoms with Crippen LogP contribution in [0.4, 0.5) is 4.79 Å². The van der Waals surface area contributed by atoms with E-state index in [1.807, 2.05) is 0 Å². The number of nitrogens with one attached hydrogen (secondary N) is 1. The summed E-state index contributed by atoms with van der Waals surface area (Å²) in [6.45, 7) is 4.01. The molecule has 0 aromatic rings. The molecule has 1 saturated carbocycles. The van der Waals surface area contributed by atoms with E-state index < -0.39 is 21.6 Å². The molecule has 2 heterocycles. The summed E-state index contributed by atoms with van der Waals surface area (Å²) < 4.78 is 25.1. The number of carbonyl (C=O) groups excluding carboxylic acids is 3. The van der Waals surface area contributed by atoms with Crippen LogP contribution in [-0.4, -0.2) is 84.4 Å². The monoisotopic (exact) mass is 372 g/mol. The number of amides is 4. The molecule has 9 nitrogen and oxygen atoms in total. The molecule has 0 radical (unpaired) electrons. The van der Waals surface area contributed by atoms with Crippen molar-refractivity contribution in [2.24, 2.45) is 5.92 Å². The van der Waals surface area contributed by atoms with Gasteiger partial charge in [-0.25, -0.2) is 13.2 Å². The average molecular weight is 372 g/mol. The minimum Gasteiger partial charge on any atom is -0.338 e. The molecule has 2 aliphatic heterocycles. The van der Waals surface area contributed by atoms with Crippen molar-refractivity contribution >= 4 is 27.9 Å². The highest BCUT2D eigenvalue weighted by Gasteiger charge is 2.56. The molecule has 3 fully saturated rings. The van der Waals surface area contributed by atoms with Crippen LogP contribution in [0.1, 0.15) is 26.7 Å². The third kappa shape index (κ3) is 3.24. The standard InChI is InChI=1S/C15H24N4O5S/c1-3-25(23,24)18-8-6-17(7-9-18)12(20)10-19-13(21)15(2,11-4-5-11)16-14(19)22/h11H,3-10H2,1-2H3,(H,16,22). The van der Waals surface area contributed by atoms with E-state index in [1.165, 1.54) is 9.21 Å². The summed E-state index contributed by atoms with van der Waals surface area (Å²) in [4.78, 5) is 39.6. The first-order valence-electron chi connectivity index (χ1n) is 8.58. The third-order valence-electron chi connectivity index (χ3n) is 5.34. The lowest BCUT2D eigenvalue weighted by Crippen LogP contribution is -2.53. The molecule has 140 valence electrons. The maximum absolute atomic E-state index is 12.5. The SMILES string of the molecule is CCS(=O)(=O)N1CCN(C(=O)CN2C(=O)NC(C)(C3CC3)C2=O)CC1. The van der Waals surface area contributed by atoms with Gasteiger partial charge in [-0.05, 0) is 32.6 Å². The fourth-order valence-electron chi connectivity index (χ4n) is 3.43. The van der Waals surface area contributed by atoms with Crippen molar-refractivity contribution in [1.82, 2.24) is 19.4 Å². The van der Waals surface area contributed by atoms with Crippen molar-refractivity contribution in [2.75, 3.05) is 38.5 Å². The number of rotatable bonds is 5. The van der Waals surface area contributed by atoms with Crippen LogP contribution in [0.25, 0.3) is 0 Å². The molecular weight excluding hydrogens is 348 g/mol. The first-order chi connectivity index (χ1) is 11.7. The Bertz CT molecular complexity index is 697. The summed E-state index contributed by atoms with van der Waals surface area (Å²) in [6, 6.07) is -0.528. The van der Waals surface area contributed by atoms with Gasteiger partial charge in [0, 0.05) is 26.2 Å². The Labute approximate surface area is 147 Å². The largest absolute Gasteiger partial charge is 0.338 e. The highest BCUT2D eigenvalue weighted by atomic mass is 32.2. The number of hydrogen-bond donors (Lipinski definition) is 1. The van der Waals surface area contributed by atoms with Crippen molar-refractivity contribution in [3.8, 4) is 0 Å². The molecule has 10 heteroatoms. The van der Waals surface area contributed by atoms with Gasteiger partial charge in [-0.1, -0.05) is 0 Å². The molecular formula is C15H24N4O5S. The lowest BCUT2D eigenvalue weighted by atomic mass is 9.96. The van der Waals surface area contributed by atoms with Gasteiger partial charge in [0.05, 0.1) is 5.75 Å². The Morgan fingerprint density at radius 1 is 1.20 bits per heavy atom. The maximum Gasteiger partial charge on any atom is 0.325 e. The minimum atomic E-state index is -3.26. The molecule has 0 spiro atoms. The van der Waals surface area contributed by atoms with Crippen molar-refractivity contribution in [2.45, 2.75) is 32.2 Å². The summed E-state index contributed by atoms with van der Waals surface area (Å²) in [7, 11) is -3.26. The van der Waals surface area contributed by atoms with Gasteiger partial charge in [0.15, 0.2) is 0 Å². The van der Waals surface area contributed by atoms with E-state index in [4.69, 9.17) is 0 Å². The maximum atomic E-state index is 12.5. The van der Waals surface area contributed by atoms with Gasteiger partial charge in [-0.3, -0.25) is 14.5 Å². The van der Waals surface area contributed by atoms with Gasteiger partial charge in [0.1, 0.15) is 12.1 Å². The highest BCUT2D eigenvalue weighted by Crippen LogP contribution is 2.42. The van der Waals surface area contributed by atoms with Gasteiger partial charge in [0.25, 0.3) is 5.91 Å². The topological polar surface area (TPSA) is 107 Å². The van der Waals surface area contributed by atoms with Crippen molar-refractivity contribution in [3.63, 3.8) is 0 Å². The second-order valence-electron chi connectivity index (χ2n) is 6.98. The number of nitrogens with zero attached hydrogens (tertiary/aromatic N) is 3. The number of piperazine rings is 1. The zero-order valence-electron chi connectivity index (χ0n) is 14.5. The van der Waals surface area contributed by atoms with Crippen LogP contribution >= 0.6 is 0 Å².